The minimum Gasteiger partial charge on any atom is -0.315 e. The van der Waals surface area contributed by atoms with Gasteiger partial charge in [0, 0.05) is 18.6 Å². The van der Waals surface area contributed by atoms with Gasteiger partial charge in [0.25, 0.3) is 0 Å². The number of nitrogens with zero attached hydrogens (tertiary/aromatic N) is 1. The minimum atomic E-state index is 0.841. The number of nitrogens with one attached hydrogen (secondary N) is 1. The van der Waals surface area contributed by atoms with Crippen LogP contribution >= 0.6 is 0 Å². The molecule has 1 aliphatic carbocycles. The van der Waals surface area contributed by atoms with Gasteiger partial charge < -0.3 is 5.32 Å². The van der Waals surface area contributed by atoms with Crippen LogP contribution in [-0.2, 0) is 0 Å². The van der Waals surface area contributed by atoms with Gasteiger partial charge in [-0.3, -0.25) is 4.90 Å². The summed E-state index contributed by atoms with van der Waals surface area (Å²) in [6.45, 7) is 6.02. The monoisotopic (exact) mass is 182 g/mol. The zero-order chi connectivity index (χ0) is 9.10. The van der Waals surface area contributed by atoms with E-state index in [4.69, 9.17) is 0 Å². The topological polar surface area (TPSA) is 15.3 Å². The van der Waals surface area contributed by atoms with Crippen LogP contribution in [0.1, 0.15) is 39.0 Å². The Balaban J connectivity index is 1.90. The molecule has 1 saturated heterocycles. The van der Waals surface area contributed by atoms with Crippen LogP contribution in [0.2, 0.25) is 0 Å². The first kappa shape index (κ1) is 9.47. The Hall–Kier alpha value is -0.0800. The Morgan fingerprint density at radius 2 is 1.92 bits per heavy atom. The summed E-state index contributed by atoms with van der Waals surface area (Å²) in [4.78, 5) is 2.74. The summed E-state index contributed by atoms with van der Waals surface area (Å²) in [5.41, 5.74) is 0. The standard InChI is InChI=1S/C11H22N2/c1-2-13(10-5-3-4-6-10)11-7-8-12-9-11/h10-12H,2-9H2,1H3. The molecular weight excluding hydrogens is 160 g/mol. The van der Waals surface area contributed by atoms with Crippen molar-refractivity contribution in [1.29, 1.82) is 0 Å². The normalized spacial score (nSPS) is 30.5. The molecule has 1 atom stereocenters. The summed E-state index contributed by atoms with van der Waals surface area (Å²) in [6.07, 6.45) is 7.18. The fourth-order valence-corrected chi connectivity index (χ4v) is 2.97. The number of rotatable bonds is 3. The first-order valence-electron chi connectivity index (χ1n) is 5.88. The maximum Gasteiger partial charge on any atom is 0.0235 e. The molecule has 2 fully saturated rings. The Labute approximate surface area is 81.7 Å². The van der Waals surface area contributed by atoms with Gasteiger partial charge in [-0.25, -0.2) is 0 Å². The molecule has 0 spiro atoms. The van der Waals surface area contributed by atoms with Crippen LogP contribution in [0.3, 0.4) is 0 Å². The maximum atomic E-state index is 3.47. The summed E-state index contributed by atoms with van der Waals surface area (Å²) in [6, 6.07) is 1.75. The van der Waals surface area contributed by atoms with Crippen molar-refractivity contribution in [3.8, 4) is 0 Å². The first-order valence-corrected chi connectivity index (χ1v) is 5.88. The molecule has 2 rings (SSSR count). The van der Waals surface area contributed by atoms with Gasteiger partial charge in [0.15, 0.2) is 0 Å². The second kappa shape index (κ2) is 4.43. The van der Waals surface area contributed by atoms with E-state index in [0.717, 1.165) is 12.1 Å². The van der Waals surface area contributed by atoms with Crippen molar-refractivity contribution in [2.75, 3.05) is 19.6 Å². The summed E-state index contributed by atoms with van der Waals surface area (Å²) in [5, 5.41) is 3.47. The predicted octanol–water partition coefficient (Wildman–Crippen LogP) is 1.61. The fourth-order valence-electron chi connectivity index (χ4n) is 2.97. The van der Waals surface area contributed by atoms with E-state index in [1.165, 1.54) is 51.7 Å². The molecule has 0 aromatic carbocycles. The van der Waals surface area contributed by atoms with E-state index in [-0.39, 0.29) is 0 Å². The lowest BCUT2D eigenvalue weighted by Crippen LogP contribution is -2.42. The van der Waals surface area contributed by atoms with Gasteiger partial charge in [-0.2, -0.15) is 0 Å². The Kier molecular flexibility index (Phi) is 3.23. The Bertz CT molecular complexity index is 130. The summed E-state index contributed by atoms with van der Waals surface area (Å²) >= 11 is 0. The molecule has 76 valence electrons. The van der Waals surface area contributed by atoms with Gasteiger partial charge in [-0.15, -0.1) is 0 Å². The smallest absolute Gasteiger partial charge is 0.0235 e. The summed E-state index contributed by atoms with van der Waals surface area (Å²) in [5.74, 6) is 0. The second-order valence-corrected chi connectivity index (χ2v) is 4.42. The minimum absolute atomic E-state index is 0.841. The molecule has 2 aliphatic rings. The van der Waals surface area contributed by atoms with E-state index < -0.39 is 0 Å². The third kappa shape index (κ3) is 2.05. The molecule has 13 heavy (non-hydrogen) atoms. The van der Waals surface area contributed by atoms with E-state index in [2.05, 4.69) is 17.1 Å². The summed E-state index contributed by atoms with van der Waals surface area (Å²) in [7, 11) is 0. The van der Waals surface area contributed by atoms with Gasteiger partial charge in [-0.05, 0) is 32.4 Å². The van der Waals surface area contributed by atoms with Crippen molar-refractivity contribution < 1.29 is 0 Å². The SMILES string of the molecule is CCN(C1CCCC1)C1CCNC1. The van der Waals surface area contributed by atoms with Crippen LogP contribution < -0.4 is 5.32 Å². The van der Waals surface area contributed by atoms with Crippen molar-refractivity contribution in [3.05, 3.63) is 0 Å². The average Bonchev–Trinajstić information content (AvgIpc) is 2.76. The molecule has 1 unspecified atom stereocenters. The number of hydrogen-bond acceptors (Lipinski definition) is 2. The lowest BCUT2D eigenvalue weighted by Gasteiger charge is -2.32. The highest BCUT2D eigenvalue weighted by atomic mass is 15.2. The molecule has 1 saturated carbocycles. The van der Waals surface area contributed by atoms with E-state index in [0.29, 0.717) is 0 Å². The summed E-state index contributed by atoms with van der Waals surface area (Å²) < 4.78 is 0. The van der Waals surface area contributed by atoms with E-state index in [1.807, 2.05) is 0 Å². The zero-order valence-electron chi connectivity index (χ0n) is 8.76. The molecule has 0 aromatic rings. The fraction of sp³-hybridized carbons (Fsp3) is 1.00. The molecule has 2 heteroatoms. The second-order valence-electron chi connectivity index (χ2n) is 4.42. The van der Waals surface area contributed by atoms with Crippen LogP contribution in [0, 0.1) is 0 Å². The van der Waals surface area contributed by atoms with E-state index in [9.17, 15) is 0 Å². The predicted molar refractivity (Wildman–Crippen MR) is 55.9 cm³/mol. The highest BCUT2D eigenvalue weighted by Crippen LogP contribution is 2.26. The molecule has 1 N–H and O–H groups in total. The van der Waals surface area contributed by atoms with Gasteiger partial charge >= 0.3 is 0 Å². The molecule has 0 radical (unpaired) electrons. The third-order valence-corrected chi connectivity index (χ3v) is 3.66. The van der Waals surface area contributed by atoms with Crippen molar-refractivity contribution in [2.24, 2.45) is 0 Å². The van der Waals surface area contributed by atoms with Crippen LogP contribution in [0.5, 0.6) is 0 Å². The average molecular weight is 182 g/mol. The number of likely N-dealkylation sites (N-methyl/N-ethyl adjacent to an activating group) is 1. The van der Waals surface area contributed by atoms with Gasteiger partial charge in [0.1, 0.15) is 0 Å². The molecule has 0 aromatic heterocycles. The highest BCUT2D eigenvalue weighted by Gasteiger charge is 2.28. The van der Waals surface area contributed by atoms with E-state index in [1.54, 1.807) is 0 Å². The first-order chi connectivity index (χ1) is 6.42. The third-order valence-electron chi connectivity index (χ3n) is 3.66. The van der Waals surface area contributed by atoms with Gasteiger partial charge in [0.2, 0.25) is 0 Å². The van der Waals surface area contributed by atoms with Crippen molar-refractivity contribution >= 4 is 0 Å². The van der Waals surface area contributed by atoms with E-state index >= 15 is 0 Å². The Morgan fingerprint density at radius 3 is 2.46 bits per heavy atom. The zero-order valence-corrected chi connectivity index (χ0v) is 8.76. The highest BCUT2D eigenvalue weighted by molar-refractivity contribution is 4.86. The lowest BCUT2D eigenvalue weighted by molar-refractivity contribution is 0.153. The van der Waals surface area contributed by atoms with Crippen LogP contribution in [-0.4, -0.2) is 36.6 Å². The molecule has 2 nitrogen and oxygen atoms in total. The Morgan fingerprint density at radius 1 is 1.15 bits per heavy atom. The van der Waals surface area contributed by atoms with Crippen molar-refractivity contribution in [3.63, 3.8) is 0 Å². The molecular formula is C11H22N2. The van der Waals surface area contributed by atoms with Crippen LogP contribution in [0.25, 0.3) is 0 Å². The maximum absolute atomic E-state index is 3.47. The van der Waals surface area contributed by atoms with Crippen molar-refractivity contribution in [1.82, 2.24) is 10.2 Å². The molecule has 1 aliphatic heterocycles. The quantitative estimate of drug-likeness (QED) is 0.713. The molecule has 0 amide bonds. The largest absolute Gasteiger partial charge is 0.315 e. The van der Waals surface area contributed by atoms with Gasteiger partial charge in [0.05, 0.1) is 0 Å². The molecule has 0 bridgehead atoms. The van der Waals surface area contributed by atoms with Crippen LogP contribution in [0.4, 0.5) is 0 Å². The lowest BCUT2D eigenvalue weighted by atomic mass is 10.1. The van der Waals surface area contributed by atoms with Gasteiger partial charge in [-0.1, -0.05) is 19.8 Å². The van der Waals surface area contributed by atoms with Crippen molar-refractivity contribution in [2.45, 2.75) is 51.1 Å². The number of hydrogen-bond donors (Lipinski definition) is 1. The van der Waals surface area contributed by atoms with Crippen LogP contribution in [0.15, 0.2) is 0 Å². The molecule has 1 heterocycles.